The number of ether oxygens (including phenoxy) is 2. The van der Waals surface area contributed by atoms with Crippen LogP contribution in [-0.4, -0.2) is 57.2 Å². The predicted octanol–water partition coefficient (Wildman–Crippen LogP) is 5.78. The second kappa shape index (κ2) is 10.5. The Labute approximate surface area is 190 Å². The highest BCUT2D eigenvalue weighted by Gasteiger charge is 2.49. The summed E-state index contributed by atoms with van der Waals surface area (Å²) in [5.41, 5.74) is 1.52. The van der Waals surface area contributed by atoms with Gasteiger partial charge in [-0.2, -0.15) is 0 Å². The number of carbonyl (C=O) groups is 2. The fraction of sp³-hybridized carbons (Fsp3) is 0.833. The molecule has 1 unspecified atom stereocenters. The highest BCUT2D eigenvalue weighted by Crippen LogP contribution is 2.43. The van der Waals surface area contributed by atoms with Crippen LogP contribution in [0.15, 0.2) is 12.2 Å². The lowest BCUT2D eigenvalue weighted by atomic mass is 9.88. The first-order valence-electron chi connectivity index (χ1n) is 11.5. The third kappa shape index (κ3) is 6.13. The van der Waals surface area contributed by atoms with E-state index in [0.29, 0.717) is 29.8 Å². The summed E-state index contributed by atoms with van der Waals surface area (Å²) in [7, 11) is -0.740. The van der Waals surface area contributed by atoms with Crippen LogP contribution < -0.4 is 0 Å². The van der Waals surface area contributed by atoms with E-state index in [1.54, 1.807) is 4.90 Å². The van der Waals surface area contributed by atoms with Crippen LogP contribution >= 0.6 is 0 Å². The minimum atomic E-state index is -2.13. The molecule has 1 amide bonds. The van der Waals surface area contributed by atoms with Crippen molar-refractivity contribution in [3.05, 3.63) is 12.2 Å². The lowest BCUT2D eigenvalue weighted by Crippen LogP contribution is -2.51. The Kier molecular flexibility index (Phi) is 9.39. The number of hydrogen-bond donors (Lipinski definition) is 0. The normalized spacial score (nSPS) is 21.2. The van der Waals surface area contributed by atoms with Crippen LogP contribution in [0.1, 0.15) is 69.2 Å². The van der Waals surface area contributed by atoms with Gasteiger partial charge in [-0.05, 0) is 43.0 Å². The van der Waals surface area contributed by atoms with Gasteiger partial charge >= 0.3 is 12.1 Å². The molecule has 0 saturated carbocycles. The molecule has 3 atom stereocenters. The Morgan fingerprint density at radius 1 is 1.06 bits per heavy atom. The molecule has 0 radical (unpaired) electrons. The average Bonchev–Trinajstić information content (AvgIpc) is 2.95. The van der Waals surface area contributed by atoms with Gasteiger partial charge in [-0.1, -0.05) is 55.0 Å². The molecule has 1 heterocycles. The zero-order valence-electron chi connectivity index (χ0n) is 21.6. The summed E-state index contributed by atoms with van der Waals surface area (Å²) in [5, 5.41) is 0. The van der Waals surface area contributed by atoms with Gasteiger partial charge < -0.3 is 13.9 Å². The molecule has 6 nitrogen and oxygen atoms in total. The number of nitrogens with zero attached hydrogens (tertiary/aromatic N) is 1. The van der Waals surface area contributed by atoms with Gasteiger partial charge in [0, 0.05) is 12.5 Å². The Bertz CT molecular complexity index is 631. The van der Waals surface area contributed by atoms with Crippen LogP contribution in [0, 0.1) is 11.8 Å². The molecule has 0 spiro atoms. The number of esters is 1. The van der Waals surface area contributed by atoms with E-state index in [-0.39, 0.29) is 17.9 Å². The Morgan fingerprint density at radius 2 is 1.55 bits per heavy atom. The molecule has 1 aliphatic rings. The topological polar surface area (TPSA) is 65.1 Å². The number of rotatable bonds is 8. The van der Waals surface area contributed by atoms with Crippen LogP contribution in [-0.2, 0) is 18.7 Å². The van der Waals surface area contributed by atoms with Gasteiger partial charge in [0.25, 0.3) is 0 Å². The first kappa shape index (κ1) is 27.7. The highest BCUT2D eigenvalue weighted by molar-refractivity contribution is 6.77. The van der Waals surface area contributed by atoms with Crippen molar-refractivity contribution in [1.82, 2.24) is 4.90 Å². The van der Waals surface area contributed by atoms with Crippen molar-refractivity contribution >= 4 is 20.4 Å². The molecule has 1 rings (SSSR count). The van der Waals surface area contributed by atoms with Crippen LogP contribution in [0.5, 0.6) is 0 Å². The first-order valence-corrected chi connectivity index (χ1v) is 13.6. The Hall–Kier alpha value is -1.34. The van der Waals surface area contributed by atoms with E-state index in [2.05, 4.69) is 48.1 Å². The molecule has 0 aromatic heterocycles. The van der Waals surface area contributed by atoms with Gasteiger partial charge in [0.2, 0.25) is 0 Å². The van der Waals surface area contributed by atoms with Crippen molar-refractivity contribution in [2.75, 3.05) is 20.3 Å². The summed E-state index contributed by atoms with van der Waals surface area (Å²) in [6.45, 7) is 25.9. The smallest absolute Gasteiger partial charge is 0.410 e. The number of likely N-dealkylation sites (tertiary alicyclic amines) is 1. The summed E-state index contributed by atoms with van der Waals surface area (Å²) in [6, 6.07) is -0.324. The maximum absolute atomic E-state index is 13.1. The Balaban J connectivity index is 3.25. The van der Waals surface area contributed by atoms with E-state index in [1.165, 1.54) is 7.11 Å². The van der Waals surface area contributed by atoms with E-state index in [1.807, 2.05) is 27.7 Å². The van der Waals surface area contributed by atoms with E-state index >= 15 is 0 Å². The van der Waals surface area contributed by atoms with E-state index in [9.17, 15) is 9.59 Å². The van der Waals surface area contributed by atoms with Gasteiger partial charge in [-0.15, -0.1) is 0 Å². The predicted molar refractivity (Wildman–Crippen MR) is 128 cm³/mol. The molecule has 0 aliphatic carbocycles. The highest BCUT2D eigenvalue weighted by atomic mass is 28.4. The molecule has 0 aromatic rings. The van der Waals surface area contributed by atoms with Gasteiger partial charge in [0.15, 0.2) is 8.32 Å². The second-order valence-corrected chi connectivity index (χ2v) is 16.2. The zero-order valence-corrected chi connectivity index (χ0v) is 22.6. The number of carbonyl (C=O) groups excluding carboxylic acids is 2. The molecular formula is C24H45NO5Si. The van der Waals surface area contributed by atoms with Crippen molar-refractivity contribution in [2.24, 2.45) is 11.8 Å². The third-order valence-electron chi connectivity index (χ3n) is 6.68. The van der Waals surface area contributed by atoms with Crippen molar-refractivity contribution in [3.8, 4) is 0 Å². The molecule has 0 N–H and O–H groups in total. The summed E-state index contributed by atoms with van der Waals surface area (Å²) < 4.78 is 17.4. The van der Waals surface area contributed by atoms with Crippen molar-refractivity contribution < 1.29 is 23.5 Å². The minimum absolute atomic E-state index is 0.193. The van der Waals surface area contributed by atoms with Crippen molar-refractivity contribution in [1.29, 1.82) is 0 Å². The molecule has 1 saturated heterocycles. The minimum Gasteiger partial charge on any atom is -0.469 e. The fourth-order valence-corrected chi connectivity index (χ4v) is 10.6. The monoisotopic (exact) mass is 455 g/mol. The molecule has 1 fully saturated rings. The van der Waals surface area contributed by atoms with Crippen LogP contribution in [0.25, 0.3) is 0 Å². The van der Waals surface area contributed by atoms with E-state index in [0.717, 1.165) is 5.57 Å². The van der Waals surface area contributed by atoms with Crippen LogP contribution in [0.3, 0.4) is 0 Å². The molecule has 7 heteroatoms. The molecule has 0 aromatic carbocycles. The van der Waals surface area contributed by atoms with Gasteiger partial charge in [0.1, 0.15) is 5.60 Å². The molecule has 180 valence electrons. The maximum atomic E-state index is 13.1. The van der Waals surface area contributed by atoms with Crippen molar-refractivity contribution in [3.63, 3.8) is 0 Å². The third-order valence-corrected chi connectivity index (χ3v) is 12.8. The molecular weight excluding hydrogens is 410 g/mol. The second-order valence-electron chi connectivity index (χ2n) is 10.8. The van der Waals surface area contributed by atoms with E-state index < -0.39 is 25.9 Å². The summed E-state index contributed by atoms with van der Waals surface area (Å²) in [4.78, 5) is 27.0. The first-order chi connectivity index (χ1) is 14.1. The van der Waals surface area contributed by atoms with Crippen molar-refractivity contribution in [2.45, 2.75) is 97.5 Å². The SMILES string of the molecule is C=C1[C@@H](CO[Si](C(C)C)(C(C)C)C(C)C)N(C(=O)OC(C)(C)C)C[C@@H]1C(C)C(=O)OC. The average molecular weight is 456 g/mol. The van der Waals surface area contributed by atoms with Gasteiger partial charge in [-0.3, -0.25) is 9.69 Å². The van der Waals surface area contributed by atoms with Gasteiger partial charge in [-0.25, -0.2) is 4.79 Å². The fourth-order valence-electron chi connectivity index (χ4n) is 5.18. The van der Waals surface area contributed by atoms with E-state index in [4.69, 9.17) is 13.9 Å². The number of hydrogen-bond acceptors (Lipinski definition) is 5. The number of methoxy groups -OCH3 is 1. The molecule has 31 heavy (non-hydrogen) atoms. The molecule has 0 bridgehead atoms. The standard InChI is InChI=1S/C24H45NO5Si/c1-15(2)31(16(3)4,17(5)6)29-14-21-18(7)20(19(8)22(26)28-12)13-25(21)23(27)30-24(9,10)11/h15-17,19-21H,7,13-14H2,1-6,8-12H3/t19?,20-,21+/m0/s1. The zero-order chi connectivity index (χ0) is 24.3. The lowest BCUT2D eigenvalue weighted by molar-refractivity contribution is -0.146. The largest absolute Gasteiger partial charge is 0.469 e. The summed E-state index contributed by atoms with van der Waals surface area (Å²) in [6.07, 6.45) is -0.396. The quantitative estimate of drug-likeness (QED) is 0.264. The Morgan fingerprint density at radius 3 is 1.94 bits per heavy atom. The summed E-state index contributed by atoms with van der Waals surface area (Å²) >= 11 is 0. The maximum Gasteiger partial charge on any atom is 0.410 e. The number of amides is 1. The van der Waals surface area contributed by atoms with Gasteiger partial charge in [0.05, 0.1) is 25.7 Å². The van der Waals surface area contributed by atoms with Crippen LogP contribution in [0.2, 0.25) is 16.6 Å². The lowest BCUT2D eigenvalue weighted by Gasteiger charge is -2.43. The van der Waals surface area contributed by atoms with Crippen LogP contribution in [0.4, 0.5) is 4.79 Å². The molecule has 1 aliphatic heterocycles. The summed E-state index contributed by atoms with van der Waals surface area (Å²) in [5.74, 6) is -0.886.